The number of nitrogens with zero attached hydrogens (tertiary/aromatic N) is 1. The molecule has 2 aromatic rings. The molecule has 26 heavy (non-hydrogen) atoms. The molecule has 1 aromatic carbocycles. The number of para-hydroxylation sites is 1. The number of benzene rings is 1. The SMILES string of the molecule is CCOc1cccc(OCC)c1NC(=O)CSc1ncccc1C(=O)[O-]. The first-order chi connectivity index (χ1) is 12.6. The molecule has 0 aliphatic heterocycles. The fourth-order valence-electron chi connectivity index (χ4n) is 2.16. The molecule has 0 saturated heterocycles. The van der Waals surface area contributed by atoms with E-state index in [1.54, 1.807) is 18.2 Å². The number of pyridine rings is 1. The Bertz CT molecular complexity index is 758. The van der Waals surface area contributed by atoms with E-state index in [0.29, 0.717) is 30.4 Å². The molecule has 0 aliphatic carbocycles. The largest absolute Gasteiger partial charge is 0.545 e. The van der Waals surface area contributed by atoms with Crippen LogP contribution in [0.3, 0.4) is 0 Å². The number of hydrogen-bond acceptors (Lipinski definition) is 7. The molecule has 1 N–H and O–H groups in total. The van der Waals surface area contributed by atoms with Crippen molar-refractivity contribution in [3.63, 3.8) is 0 Å². The Balaban J connectivity index is 2.12. The average molecular weight is 375 g/mol. The van der Waals surface area contributed by atoms with Crippen LogP contribution < -0.4 is 19.9 Å². The molecular formula is C18H19N2O5S-. The molecule has 138 valence electrons. The molecule has 0 spiro atoms. The molecular weight excluding hydrogens is 356 g/mol. The predicted molar refractivity (Wildman–Crippen MR) is 96.7 cm³/mol. The topological polar surface area (TPSA) is 101 Å². The van der Waals surface area contributed by atoms with Gasteiger partial charge in [-0.1, -0.05) is 17.8 Å². The first kappa shape index (κ1) is 19.6. The lowest BCUT2D eigenvalue weighted by Gasteiger charge is -2.16. The van der Waals surface area contributed by atoms with Crippen LogP contribution in [0.2, 0.25) is 0 Å². The van der Waals surface area contributed by atoms with Gasteiger partial charge in [-0.15, -0.1) is 0 Å². The Labute approximate surface area is 155 Å². The third-order valence-corrected chi connectivity index (χ3v) is 4.19. The van der Waals surface area contributed by atoms with E-state index in [1.165, 1.54) is 18.3 Å². The number of nitrogens with one attached hydrogen (secondary N) is 1. The molecule has 0 fully saturated rings. The number of hydrogen-bond donors (Lipinski definition) is 1. The predicted octanol–water partition coefficient (Wildman–Crippen LogP) is 1.97. The quantitative estimate of drug-likeness (QED) is 0.669. The average Bonchev–Trinajstić information content (AvgIpc) is 2.63. The molecule has 0 unspecified atom stereocenters. The summed E-state index contributed by atoms with van der Waals surface area (Å²) >= 11 is 1.02. The summed E-state index contributed by atoms with van der Waals surface area (Å²) in [7, 11) is 0. The molecule has 7 nitrogen and oxygen atoms in total. The Morgan fingerprint density at radius 2 is 1.77 bits per heavy atom. The minimum Gasteiger partial charge on any atom is -0.545 e. The number of aromatic nitrogens is 1. The van der Waals surface area contributed by atoms with Gasteiger partial charge in [0.1, 0.15) is 22.2 Å². The lowest BCUT2D eigenvalue weighted by atomic mass is 10.2. The number of ether oxygens (including phenoxy) is 2. The van der Waals surface area contributed by atoms with Crippen LogP contribution in [0.5, 0.6) is 11.5 Å². The van der Waals surface area contributed by atoms with E-state index in [0.717, 1.165) is 11.8 Å². The maximum Gasteiger partial charge on any atom is 0.234 e. The summed E-state index contributed by atoms with van der Waals surface area (Å²) < 4.78 is 11.1. The zero-order chi connectivity index (χ0) is 18.9. The van der Waals surface area contributed by atoms with Crippen LogP contribution >= 0.6 is 11.8 Å². The van der Waals surface area contributed by atoms with Gasteiger partial charge in [-0.2, -0.15) is 0 Å². The van der Waals surface area contributed by atoms with Gasteiger partial charge in [0.25, 0.3) is 0 Å². The van der Waals surface area contributed by atoms with E-state index >= 15 is 0 Å². The first-order valence-electron chi connectivity index (χ1n) is 8.04. The van der Waals surface area contributed by atoms with Crippen LogP contribution in [0.25, 0.3) is 0 Å². The summed E-state index contributed by atoms with van der Waals surface area (Å²) in [6, 6.07) is 8.14. The van der Waals surface area contributed by atoms with Crippen molar-refractivity contribution in [1.82, 2.24) is 4.98 Å². The zero-order valence-corrected chi connectivity index (χ0v) is 15.3. The third-order valence-electron chi connectivity index (χ3n) is 3.18. The van der Waals surface area contributed by atoms with Crippen molar-refractivity contribution in [2.24, 2.45) is 0 Å². The Morgan fingerprint density at radius 1 is 1.12 bits per heavy atom. The Hall–Kier alpha value is -2.74. The van der Waals surface area contributed by atoms with Crippen molar-refractivity contribution in [2.75, 3.05) is 24.3 Å². The molecule has 1 heterocycles. The number of carbonyl (C=O) groups excluding carboxylic acids is 2. The highest BCUT2D eigenvalue weighted by Crippen LogP contribution is 2.35. The van der Waals surface area contributed by atoms with Crippen LogP contribution in [-0.2, 0) is 4.79 Å². The lowest BCUT2D eigenvalue weighted by molar-refractivity contribution is -0.255. The lowest BCUT2D eigenvalue weighted by Crippen LogP contribution is -2.23. The van der Waals surface area contributed by atoms with E-state index in [-0.39, 0.29) is 22.2 Å². The molecule has 0 atom stereocenters. The van der Waals surface area contributed by atoms with Crippen molar-refractivity contribution in [3.05, 3.63) is 42.1 Å². The summed E-state index contributed by atoms with van der Waals surface area (Å²) in [5.74, 6) is -0.682. The maximum absolute atomic E-state index is 12.3. The van der Waals surface area contributed by atoms with E-state index in [9.17, 15) is 14.7 Å². The number of anilines is 1. The zero-order valence-electron chi connectivity index (χ0n) is 14.5. The van der Waals surface area contributed by atoms with Gasteiger partial charge in [0.15, 0.2) is 0 Å². The molecule has 2 rings (SSSR count). The second-order valence-corrected chi connectivity index (χ2v) is 5.94. The van der Waals surface area contributed by atoms with Crippen LogP contribution in [0.4, 0.5) is 5.69 Å². The van der Waals surface area contributed by atoms with Gasteiger partial charge < -0.3 is 24.7 Å². The van der Waals surface area contributed by atoms with Crippen molar-refractivity contribution >= 4 is 29.3 Å². The second-order valence-electron chi connectivity index (χ2n) is 4.98. The summed E-state index contributed by atoms with van der Waals surface area (Å²) in [6.07, 6.45) is 1.46. The maximum atomic E-state index is 12.3. The molecule has 0 bridgehead atoms. The summed E-state index contributed by atoms with van der Waals surface area (Å²) in [5.41, 5.74) is 0.401. The number of carboxylic acid groups (broad SMARTS) is 1. The van der Waals surface area contributed by atoms with Gasteiger partial charge in [-0.25, -0.2) is 4.98 Å². The fraction of sp³-hybridized carbons (Fsp3) is 0.278. The Kier molecular flexibility index (Phi) is 7.28. The minimum atomic E-state index is -1.33. The number of carboxylic acids is 1. The standard InChI is InChI=1S/C18H20N2O5S/c1-3-24-13-8-5-9-14(25-4-2)16(13)20-15(21)11-26-17-12(18(22)23)7-6-10-19-17/h5-10H,3-4,11H2,1-2H3,(H,20,21)(H,22,23)/p-1. The number of rotatable bonds is 9. The minimum absolute atomic E-state index is 0.0245. The highest BCUT2D eigenvalue weighted by atomic mass is 32.2. The van der Waals surface area contributed by atoms with Crippen LogP contribution in [0.15, 0.2) is 41.6 Å². The van der Waals surface area contributed by atoms with Crippen molar-refractivity contribution in [1.29, 1.82) is 0 Å². The van der Waals surface area contributed by atoms with Crippen LogP contribution in [0.1, 0.15) is 24.2 Å². The number of aromatic carboxylic acids is 1. The van der Waals surface area contributed by atoms with Gasteiger partial charge in [0.2, 0.25) is 5.91 Å². The summed E-state index contributed by atoms with van der Waals surface area (Å²) in [5, 5.41) is 14.1. The van der Waals surface area contributed by atoms with Crippen molar-refractivity contribution in [3.8, 4) is 11.5 Å². The molecule has 8 heteroatoms. The van der Waals surface area contributed by atoms with Gasteiger partial charge in [-0.05, 0) is 38.1 Å². The van der Waals surface area contributed by atoms with Crippen molar-refractivity contribution < 1.29 is 24.2 Å². The summed E-state index contributed by atoms with van der Waals surface area (Å²) in [6.45, 7) is 4.57. The summed E-state index contributed by atoms with van der Waals surface area (Å²) in [4.78, 5) is 27.4. The highest BCUT2D eigenvalue weighted by molar-refractivity contribution is 8.00. The van der Waals surface area contributed by atoms with Gasteiger partial charge >= 0.3 is 0 Å². The molecule has 1 amide bonds. The smallest absolute Gasteiger partial charge is 0.234 e. The number of amides is 1. The van der Waals surface area contributed by atoms with Gasteiger partial charge in [0, 0.05) is 11.8 Å². The Morgan fingerprint density at radius 3 is 2.35 bits per heavy atom. The third kappa shape index (κ3) is 5.13. The van der Waals surface area contributed by atoms with Crippen LogP contribution in [0, 0.1) is 0 Å². The molecule has 1 aromatic heterocycles. The van der Waals surface area contributed by atoms with Gasteiger partial charge in [-0.3, -0.25) is 4.79 Å². The van der Waals surface area contributed by atoms with E-state index < -0.39 is 5.97 Å². The number of thioether (sulfide) groups is 1. The highest BCUT2D eigenvalue weighted by Gasteiger charge is 2.15. The molecule has 0 radical (unpaired) electrons. The second kappa shape index (κ2) is 9.67. The van der Waals surface area contributed by atoms with Gasteiger partial charge in [0.05, 0.1) is 24.9 Å². The molecule has 0 saturated carbocycles. The van der Waals surface area contributed by atoms with E-state index in [1.807, 2.05) is 13.8 Å². The van der Waals surface area contributed by atoms with Crippen LogP contribution in [-0.4, -0.2) is 35.8 Å². The van der Waals surface area contributed by atoms with E-state index in [2.05, 4.69) is 10.3 Å². The fourth-order valence-corrected chi connectivity index (χ4v) is 2.94. The normalized spacial score (nSPS) is 10.2. The first-order valence-corrected chi connectivity index (χ1v) is 9.03. The van der Waals surface area contributed by atoms with E-state index in [4.69, 9.17) is 9.47 Å². The monoisotopic (exact) mass is 375 g/mol. The number of carbonyl (C=O) groups is 2. The molecule has 0 aliphatic rings. The van der Waals surface area contributed by atoms with Crippen molar-refractivity contribution in [2.45, 2.75) is 18.9 Å².